The fraction of sp³-hybridized carbons (Fsp3) is 1.00. The van der Waals surface area contributed by atoms with Gasteiger partial charge in [-0.2, -0.15) is 26.3 Å². The molecule has 0 aromatic carbocycles. The lowest BCUT2D eigenvalue weighted by molar-refractivity contribution is -0.910. The van der Waals surface area contributed by atoms with Gasteiger partial charge < -0.3 is 18.8 Å². The molecule has 0 aliphatic heterocycles. The Hall–Kier alpha value is -0.680. The van der Waals surface area contributed by atoms with Crippen LogP contribution in [-0.4, -0.2) is 82.4 Å². The molecule has 41 heavy (non-hydrogen) atoms. The molecule has 0 fully saturated rings. The van der Waals surface area contributed by atoms with Crippen molar-refractivity contribution in [3.8, 4) is 0 Å². The van der Waals surface area contributed by atoms with E-state index in [1.54, 1.807) is 0 Å². The fourth-order valence-electron chi connectivity index (χ4n) is 4.07. The lowest BCUT2D eigenvalue weighted by Crippen LogP contribution is -2.48. The van der Waals surface area contributed by atoms with E-state index in [0.717, 1.165) is 28.2 Å². The van der Waals surface area contributed by atoms with E-state index < -0.39 is 31.1 Å². The highest BCUT2D eigenvalue weighted by Crippen LogP contribution is 2.36. The van der Waals surface area contributed by atoms with Crippen molar-refractivity contribution in [2.24, 2.45) is 0 Å². The molecule has 0 radical (unpaired) electrons. The van der Waals surface area contributed by atoms with Gasteiger partial charge in [-0.15, -0.1) is 0 Å². The Morgan fingerprint density at radius 1 is 0.537 bits per heavy atom. The molecule has 16 heteroatoms. The van der Waals surface area contributed by atoms with E-state index in [-0.39, 0.29) is 13.2 Å². The zero-order valence-electron chi connectivity index (χ0n) is 24.4. The minimum Gasteiger partial charge on any atom is -0.421 e. The van der Waals surface area contributed by atoms with Gasteiger partial charge in [-0.3, -0.25) is 0 Å². The Balaban J connectivity index is 0. The lowest BCUT2D eigenvalue weighted by Gasteiger charge is -2.33. The maximum atomic E-state index is 11.4. The molecule has 0 aromatic heterocycles. The molecule has 0 spiro atoms. The number of hydrogen-bond acceptors (Lipinski definition) is 6. The van der Waals surface area contributed by atoms with Crippen LogP contribution in [0.1, 0.15) is 110 Å². The zero-order chi connectivity index (χ0) is 32.1. The molecular formula is C25H50F6N2O6S2. The van der Waals surface area contributed by atoms with Crippen LogP contribution in [0.4, 0.5) is 26.3 Å². The largest absolute Gasteiger partial charge is 0.480 e. The van der Waals surface area contributed by atoms with Crippen molar-refractivity contribution in [2.45, 2.75) is 121 Å². The number of nitrogens with zero attached hydrogens (tertiary/aromatic N) is 2. The van der Waals surface area contributed by atoms with Crippen molar-refractivity contribution in [2.75, 3.05) is 39.9 Å². The van der Waals surface area contributed by atoms with Crippen LogP contribution in [0, 0.1) is 0 Å². The van der Waals surface area contributed by atoms with Gasteiger partial charge in [-0.1, -0.05) is 96.8 Å². The zero-order valence-corrected chi connectivity index (χ0v) is 26.0. The molecule has 8 nitrogen and oxygen atoms in total. The van der Waals surface area contributed by atoms with E-state index in [2.05, 4.69) is 14.0 Å². The Morgan fingerprint density at radius 3 is 1.05 bits per heavy atom. The number of halogens is 6. The van der Waals surface area contributed by atoms with Crippen LogP contribution in [0.25, 0.3) is 4.13 Å². The number of alkyl halides is 6. The summed E-state index contributed by atoms with van der Waals surface area (Å²) in [5, 5.41) is 18.3. The molecule has 0 atom stereocenters. The van der Waals surface area contributed by atoms with Gasteiger partial charge in [0.15, 0.2) is 20.0 Å². The lowest BCUT2D eigenvalue weighted by atomic mass is 10.0. The van der Waals surface area contributed by atoms with Crippen LogP contribution >= 0.6 is 0 Å². The summed E-state index contributed by atoms with van der Waals surface area (Å²) in [6, 6.07) is 0. The van der Waals surface area contributed by atoms with Gasteiger partial charge in [0.25, 0.3) is 0 Å². The first kappa shape index (κ1) is 42.5. The first-order chi connectivity index (χ1) is 18.9. The molecule has 2 N–H and O–H groups in total. The minimum absolute atomic E-state index is 0.218. The van der Waals surface area contributed by atoms with E-state index in [0.29, 0.717) is 0 Å². The average Bonchev–Trinajstić information content (AvgIpc) is 2.82. The van der Waals surface area contributed by atoms with Crippen molar-refractivity contribution in [3.63, 3.8) is 0 Å². The molecule has 0 aliphatic carbocycles. The minimum atomic E-state index is -6.72. The SMILES string of the molecule is CCCCCCCCCCCCCCCCCC[N+](C)(CCO)CCO.O=S(=O)([N-]S(=O)(=O)C(F)(F)F)C(F)(F)F. The van der Waals surface area contributed by atoms with Gasteiger partial charge in [0.2, 0.25) is 0 Å². The van der Waals surface area contributed by atoms with E-state index in [1.807, 2.05) is 0 Å². The highest BCUT2D eigenvalue weighted by Gasteiger charge is 2.46. The first-order valence-corrected chi connectivity index (χ1v) is 17.2. The smallest absolute Gasteiger partial charge is 0.421 e. The van der Waals surface area contributed by atoms with Crippen LogP contribution in [-0.2, 0) is 20.0 Å². The molecule has 0 bridgehead atoms. The topological polar surface area (TPSA) is 123 Å². The molecule has 0 amide bonds. The first-order valence-electron chi connectivity index (χ1n) is 14.3. The summed E-state index contributed by atoms with van der Waals surface area (Å²) in [6.45, 7) is 5.33. The molecule has 250 valence electrons. The van der Waals surface area contributed by atoms with Gasteiger partial charge >= 0.3 is 11.0 Å². The van der Waals surface area contributed by atoms with Crippen molar-refractivity contribution >= 4 is 20.0 Å². The summed E-state index contributed by atoms with van der Waals surface area (Å²) in [6.07, 6.45) is 22.4. The monoisotopic (exact) mass is 652 g/mol. The number of quaternary nitrogens is 1. The van der Waals surface area contributed by atoms with Gasteiger partial charge in [0.1, 0.15) is 13.1 Å². The van der Waals surface area contributed by atoms with Crippen molar-refractivity contribution in [1.29, 1.82) is 0 Å². The molecule has 0 saturated carbocycles. The summed E-state index contributed by atoms with van der Waals surface area (Å²) in [7, 11) is -11.3. The third-order valence-corrected chi connectivity index (χ3v) is 9.35. The molecule has 0 aromatic rings. The second kappa shape index (κ2) is 21.9. The average molecular weight is 653 g/mol. The second-order valence-electron chi connectivity index (χ2n) is 10.5. The van der Waals surface area contributed by atoms with Crippen LogP contribution in [0.3, 0.4) is 0 Å². The predicted molar refractivity (Wildman–Crippen MR) is 148 cm³/mol. The molecule has 0 saturated heterocycles. The van der Waals surface area contributed by atoms with Gasteiger partial charge in [0, 0.05) is 0 Å². The summed E-state index contributed by atoms with van der Waals surface area (Å²) >= 11 is 0. The van der Waals surface area contributed by atoms with E-state index >= 15 is 0 Å². The van der Waals surface area contributed by atoms with E-state index in [4.69, 9.17) is 10.2 Å². The fourth-order valence-corrected chi connectivity index (χ4v) is 5.78. The van der Waals surface area contributed by atoms with E-state index in [9.17, 15) is 43.2 Å². The van der Waals surface area contributed by atoms with Crippen LogP contribution < -0.4 is 0 Å². The molecule has 0 rings (SSSR count). The maximum Gasteiger partial charge on any atom is 0.480 e. The predicted octanol–water partition coefficient (Wildman–Crippen LogP) is 6.74. The molecular weight excluding hydrogens is 602 g/mol. The number of unbranched alkanes of at least 4 members (excludes halogenated alkanes) is 15. The third kappa shape index (κ3) is 21.6. The van der Waals surface area contributed by atoms with Gasteiger partial charge in [-0.05, 0) is 12.8 Å². The second-order valence-corrected chi connectivity index (χ2v) is 13.9. The number of sulfonamides is 2. The molecule has 0 heterocycles. The maximum absolute atomic E-state index is 11.4. The van der Waals surface area contributed by atoms with E-state index in [1.165, 1.54) is 103 Å². The number of likely N-dealkylation sites (N-methyl/N-ethyl adjacent to an activating group) is 1. The molecule has 0 unspecified atom stereocenters. The number of aliphatic hydroxyl groups is 2. The number of hydrogen-bond donors (Lipinski definition) is 2. The summed E-state index contributed by atoms with van der Waals surface area (Å²) < 4.78 is 110. The van der Waals surface area contributed by atoms with Crippen LogP contribution in [0.2, 0.25) is 0 Å². The number of rotatable bonds is 23. The quantitative estimate of drug-likeness (QED) is 0.0716. The Labute approximate surface area is 242 Å². The summed E-state index contributed by atoms with van der Waals surface area (Å²) in [5.74, 6) is 0. The van der Waals surface area contributed by atoms with Crippen molar-refractivity contribution < 1.29 is 57.9 Å². The highest BCUT2D eigenvalue weighted by molar-refractivity contribution is 8.13. The standard InChI is InChI=1S/C23H50NO2.C2F6NO4S2/c1-3-4-5-6-7-8-9-10-11-12-13-14-15-16-17-18-19-24(2,20-22-25)21-23-26;3-1(4,5)14(10,11)9-15(12,13)2(6,7)8/h25-26H,3-23H2,1-2H3;/q+1;-1. The van der Waals surface area contributed by atoms with Gasteiger partial charge in [0.05, 0.1) is 26.8 Å². The Bertz CT molecular complexity index is 806. The van der Waals surface area contributed by atoms with Crippen LogP contribution in [0.15, 0.2) is 0 Å². The number of aliphatic hydroxyl groups excluding tert-OH is 2. The summed E-state index contributed by atoms with van der Waals surface area (Å²) in [4.78, 5) is 0. The Morgan fingerprint density at radius 2 is 0.805 bits per heavy atom. The van der Waals surface area contributed by atoms with Crippen molar-refractivity contribution in [3.05, 3.63) is 4.13 Å². The normalized spacial score (nSPS) is 13.2. The van der Waals surface area contributed by atoms with Gasteiger partial charge in [-0.25, -0.2) is 16.8 Å². The third-order valence-electron chi connectivity index (χ3n) is 6.61. The molecule has 0 aliphatic rings. The van der Waals surface area contributed by atoms with Crippen LogP contribution in [0.5, 0.6) is 0 Å². The summed E-state index contributed by atoms with van der Waals surface area (Å²) in [5.41, 5.74) is -12.4. The Kier molecular flexibility index (Phi) is 22.7. The van der Waals surface area contributed by atoms with Crippen molar-refractivity contribution in [1.82, 2.24) is 0 Å². The highest BCUT2D eigenvalue weighted by atomic mass is 32.3.